The van der Waals surface area contributed by atoms with Gasteiger partial charge in [0.1, 0.15) is 0 Å². The lowest BCUT2D eigenvalue weighted by atomic mass is 10.2. The number of carbonyl (C=O) groups is 1. The summed E-state index contributed by atoms with van der Waals surface area (Å²) in [6.45, 7) is 0. The Bertz CT molecular complexity index is 289. The van der Waals surface area contributed by atoms with E-state index < -0.39 is 0 Å². The number of carbonyl (C=O) groups excluding carboxylic acids is 1. The normalized spacial score (nSPS) is 22.2. The number of fused-ring (bicyclic) bond motifs is 1. The molecule has 0 aromatic carbocycles. The molecule has 2 rings (SSSR count). The summed E-state index contributed by atoms with van der Waals surface area (Å²) in [5.74, 6) is 1.73. The van der Waals surface area contributed by atoms with E-state index in [0.717, 1.165) is 27.7 Å². The van der Waals surface area contributed by atoms with Gasteiger partial charge in [-0.1, -0.05) is 6.08 Å². The monoisotopic (exact) mass is 199 g/mol. The maximum absolute atomic E-state index is 11.0. The molecular formula is C8H9NOS2. The molecule has 0 spiro atoms. The molecule has 12 heavy (non-hydrogen) atoms. The van der Waals surface area contributed by atoms with Crippen LogP contribution in [0.3, 0.4) is 0 Å². The van der Waals surface area contributed by atoms with E-state index in [0.29, 0.717) is 0 Å². The highest BCUT2D eigenvalue weighted by Gasteiger charge is 2.24. The van der Waals surface area contributed by atoms with Crippen LogP contribution in [-0.4, -0.2) is 17.4 Å². The first-order chi connectivity index (χ1) is 5.79. The second-order valence-corrected chi connectivity index (χ2v) is 4.80. The van der Waals surface area contributed by atoms with Crippen molar-refractivity contribution in [1.29, 1.82) is 0 Å². The Morgan fingerprint density at radius 3 is 3.08 bits per heavy atom. The van der Waals surface area contributed by atoms with E-state index in [1.165, 1.54) is 5.57 Å². The number of nitrogens with two attached hydrogens (primary N) is 1. The van der Waals surface area contributed by atoms with Crippen LogP contribution in [0, 0.1) is 0 Å². The number of rotatable bonds is 1. The minimum Gasteiger partial charge on any atom is -0.365 e. The molecule has 64 valence electrons. The van der Waals surface area contributed by atoms with Gasteiger partial charge in [-0.2, -0.15) is 0 Å². The zero-order chi connectivity index (χ0) is 8.55. The minimum absolute atomic E-state index is 0.269. The molecule has 2 N–H and O–H groups in total. The summed E-state index contributed by atoms with van der Waals surface area (Å²) < 4.78 is 0. The summed E-state index contributed by atoms with van der Waals surface area (Å²) in [7, 11) is 0. The van der Waals surface area contributed by atoms with E-state index in [1.54, 1.807) is 23.5 Å². The van der Waals surface area contributed by atoms with Crippen molar-refractivity contribution in [3.63, 3.8) is 0 Å². The largest absolute Gasteiger partial charge is 0.365 e. The van der Waals surface area contributed by atoms with Gasteiger partial charge in [0.2, 0.25) is 0 Å². The molecule has 2 heterocycles. The van der Waals surface area contributed by atoms with Gasteiger partial charge in [0.25, 0.3) is 5.91 Å². The van der Waals surface area contributed by atoms with Gasteiger partial charge < -0.3 is 5.73 Å². The van der Waals surface area contributed by atoms with E-state index in [-0.39, 0.29) is 5.91 Å². The number of primary amides is 1. The molecule has 0 bridgehead atoms. The fraction of sp³-hybridized carbons (Fsp3) is 0.375. The standard InChI is InChI=1S/C8H9NOS2/c9-8(10)7-6-5(1-3-11-6)2-4-12-7/h2H,1,3-4H2,(H2,9,10). The summed E-state index contributed by atoms with van der Waals surface area (Å²) in [6, 6.07) is 0. The Balaban J connectivity index is 2.41. The molecule has 0 atom stereocenters. The first kappa shape index (κ1) is 8.26. The van der Waals surface area contributed by atoms with Crippen molar-refractivity contribution >= 4 is 29.4 Å². The fourth-order valence-electron chi connectivity index (χ4n) is 1.35. The Kier molecular flexibility index (Phi) is 2.19. The third-order valence-corrected chi connectivity index (χ3v) is 4.22. The molecule has 0 unspecified atom stereocenters. The highest BCUT2D eigenvalue weighted by Crippen LogP contribution is 2.43. The number of hydrogen-bond donors (Lipinski definition) is 1. The third-order valence-electron chi connectivity index (χ3n) is 1.90. The van der Waals surface area contributed by atoms with Gasteiger partial charge >= 0.3 is 0 Å². The lowest BCUT2D eigenvalue weighted by Gasteiger charge is -2.11. The second-order valence-electron chi connectivity index (χ2n) is 2.66. The Labute approximate surface area is 79.7 Å². The van der Waals surface area contributed by atoms with Gasteiger partial charge in [-0.05, 0) is 12.0 Å². The van der Waals surface area contributed by atoms with Crippen LogP contribution >= 0.6 is 23.5 Å². The van der Waals surface area contributed by atoms with Crippen molar-refractivity contribution in [3.8, 4) is 0 Å². The highest BCUT2D eigenvalue weighted by molar-refractivity contribution is 8.08. The topological polar surface area (TPSA) is 43.1 Å². The van der Waals surface area contributed by atoms with Gasteiger partial charge in [-0.15, -0.1) is 23.5 Å². The lowest BCUT2D eigenvalue weighted by Crippen LogP contribution is -2.14. The van der Waals surface area contributed by atoms with Crippen LogP contribution in [0.25, 0.3) is 0 Å². The Morgan fingerprint density at radius 2 is 2.33 bits per heavy atom. The van der Waals surface area contributed by atoms with Crippen LogP contribution in [-0.2, 0) is 4.79 Å². The van der Waals surface area contributed by atoms with Gasteiger partial charge in [-0.3, -0.25) is 4.79 Å². The quantitative estimate of drug-likeness (QED) is 0.696. The summed E-state index contributed by atoms with van der Waals surface area (Å²) in [6.07, 6.45) is 3.30. The number of thioether (sulfide) groups is 2. The summed E-state index contributed by atoms with van der Waals surface area (Å²) in [5, 5.41) is 0. The van der Waals surface area contributed by atoms with Crippen LogP contribution in [0.4, 0.5) is 0 Å². The summed E-state index contributed by atoms with van der Waals surface area (Å²) in [5.41, 5.74) is 6.59. The summed E-state index contributed by atoms with van der Waals surface area (Å²) >= 11 is 3.31. The van der Waals surface area contributed by atoms with E-state index in [1.807, 2.05) is 0 Å². The molecule has 2 aliphatic rings. The van der Waals surface area contributed by atoms with Crippen molar-refractivity contribution in [3.05, 3.63) is 21.5 Å². The van der Waals surface area contributed by atoms with Crippen LogP contribution in [0.5, 0.6) is 0 Å². The van der Waals surface area contributed by atoms with Crippen molar-refractivity contribution in [1.82, 2.24) is 0 Å². The molecule has 4 heteroatoms. The number of amides is 1. The zero-order valence-electron chi connectivity index (χ0n) is 6.50. The van der Waals surface area contributed by atoms with Crippen LogP contribution < -0.4 is 5.73 Å². The molecule has 2 aliphatic heterocycles. The number of hydrogen-bond acceptors (Lipinski definition) is 3. The predicted molar refractivity (Wildman–Crippen MR) is 53.8 cm³/mol. The molecular weight excluding hydrogens is 190 g/mol. The van der Waals surface area contributed by atoms with Gasteiger partial charge in [0.15, 0.2) is 0 Å². The van der Waals surface area contributed by atoms with Crippen molar-refractivity contribution in [2.45, 2.75) is 6.42 Å². The van der Waals surface area contributed by atoms with Crippen LogP contribution in [0.2, 0.25) is 0 Å². The Hall–Kier alpha value is -0.350. The van der Waals surface area contributed by atoms with Crippen molar-refractivity contribution < 1.29 is 4.79 Å². The molecule has 0 radical (unpaired) electrons. The first-order valence-corrected chi connectivity index (χ1v) is 5.75. The first-order valence-electron chi connectivity index (χ1n) is 3.78. The van der Waals surface area contributed by atoms with Gasteiger partial charge in [-0.25, -0.2) is 0 Å². The molecule has 0 aromatic heterocycles. The fourth-order valence-corrected chi connectivity index (χ4v) is 3.69. The molecule has 1 amide bonds. The highest BCUT2D eigenvalue weighted by atomic mass is 32.2. The van der Waals surface area contributed by atoms with Gasteiger partial charge in [0.05, 0.1) is 4.91 Å². The van der Waals surface area contributed by atoms with E-state index in [2.05, 4.69) is 6.08 Å². The van der Waals surface area contributed by atoms with Crippen LogP contribution in [0.1, 0.15) is 6.42 Å². The van der Waals surface area contributed by atoms with E-state index in [9.17, 15) is 4.79 Å². The lowest BCUT2D eigenvalue weighted by molar-refractivity contribution is -0.113. The number of allylic oxidation sites excluding steroid dienone is 1. The third kappa shape index (κ3) is 1.29. The minimum atomic E-state index is -0.269. The smallest absolute Gasteiger partial charge is 0.256 e. The maximum atomic E-state index is 11.0. The Morgan fingerprint density at radius 1 is 1.50 bits per heavy atom. The second kappa shape index (κ2) is 3.18. The van der Waals surface area contributed by atoms with Gasteiger partial charge in [0, 0.05) is 16.4 Å². The van der Waals surface area contributed by atoms with E-state index >= 15 is 0 Å². The zero-order valence-corrected chi connectivity index (χ0v) is 8.13. The molecule has 1 fully saturated rings. The molecule has 2 nitrogen and oxygen atoms in total. The molecule has 0 aromatic rings. The maximum Gasteiger partial charge on any atom is 0.256 e. The predicted octanol–water partition coefficient (Wildman–Crippen LogP) is 1.49. The summed E-state index contributed by atoms with van der Waals surface area (Å²) in [4.78, 5) is 12.9. The molecule has 1 saturated heterocycles. The average molecular weight is 199 g/mol. The van der Waals surface area contributed by atoms with Crippen LogP contribution in [0.15, 0.2) is 21.5 Å². The van der Waals surface area contributed by atoms with Crippen molar-refractivity contribution in [2.24, 2.45) is 5.73 Å². The molecule has 0 aliphatic carbocycles. The average Bonchev–Trinajstić information content (AvgIpc) is 2.49. The van der Waals surface area contributed by atoms with Crippen molar-refractivity contribution in [2.75, 3.05) is 11.5 Å². The van der Waals surface area contributed by atoms with E-state index in [4.69, 9.17) is 5.73 Å². The molecule has 0 saturated carbocycles. The SMILES string of the molecule is NC(=O)C1=C2SCCC2=CCS1.